The molecule has 0 bridgehead atoms. The summed E-state index contributed by atoms with van der Waals surface area (Å²) in [5.74, 6) is -0.961. The van der Waals surface area contributed by atoms with E-state index in [0.29, 0.717) is 12.8 Å². The van der Waals surface area contributed by atoms with Crippen LogP contribution < -0.4 is 10.6 Å². The van der Waals surface area contributed by atoms with Crippen molar-refractivity contribution in [2.45, 2.75) is 19.3 Å². The fraction of sp³-hybridized carbons (Fsp3) is 0.750. The molecule has 0 radical (unpaired) electrons. The fourth-order valence-electron chi connectivity index (χ4n) is 1.10. The van der Waals surface area contributed by atoms with E-state index in [-0.39, 0.29) is 6.54 Å². The molecule has 1 fully saturated rings. The average molecular weight is 222 g/mol. The number of carbonyl (C=O) groups is 2. The number of carboxylic acids is 1. The second kappa shape index (κ2) is 4.41. The number of rotatable bonds is 5. The van der Waals surface area contributed by atoms with Crippen molar-refractivity contribution in [3.8, 4) is 0 Å². The minimum absolute atomic E-state index is 0.0165. The summed E-state index contributed by atoms with van der Waals surface area (Å²) in [7, 11) is 0. The van der Waals surface area contributed by atoms with Gasteiger partial charge in [0.2, 0.25) is 0 Å². The van der Waals surface area contributed by atoms with Crippen molar-refractivity contribution in [1.29, 1.82) is 0 Å². The molecule has 0 aromatic heterocycles. The van der Waals surface area contributed by atoms with Gasteiger partial charge in [0.1, 0.15) is 0 Å². The third kappa shape index (κ3) is 3.34. The van der Waals surface area contributed by atoms with Gasteiger partial charge in [-0.25, -0.2) is 13.6 Å². The number of aliphatic carboxylic acids is 1. The minimum atomic E-state index is -2.61. The van der Waals surface area contributed by atoms with Crippen LogP contribution >= 0.6 is 0 Å². The quantitative estimate of drug-likeness (QED) is 0.630. The lowest BCUT2D eigenvalue weighted by molar-refractivity contribution is -0.143. The van der Waals surface area contributed by atoms with E-state index in [4.69, 9.17) is 5.11 Å². The van der Waals surface area contributed by atoms with Crippen molar-refractivity contribution in [2.24, 2.45) is 5.41 Å². The number of amides is 2. The summed E-state index contributed by atoms with van der Waals surface area (Å²) < 4.78 is 23.3. The van der Waals surface area contributed by atoms with Crippen molar-refractivity contribution < 1.29 is 23.5 Å². The fourth-order valence-corrected chi connectivity index (χ4v) is 1.10. The third-order valence-electron chi connectivity index (χ3n) is 2.31. The Morgan fingerprint density at radius 1 is 1.33 bits per heavy atom. The highest BCUT2D eigenvalue weighted by Crippen LogP contribution is 2.45. The number of hydrogen-bond acceptors (Lipinski definition) is 2. The Hall–Kier alpha value is -1.40. The zero-order valence-electron chi connectivity index (χ0n) is 7.93. The van der Waals surface area contributed by atoms with Gasteiger partial charge in [-0.2, -0.15) is 0 Å². The van der Waals surface area contributed by atoms with Crippen LogP contribution in [0.1, 0.15) is 12.8 Å². The van der Waals surface area contributed by atoms with Crippen LogP contribution in [0.15, 0.2) is 0 Å². The van der Waals surface area contributed by atoms with Crippen LogP contribution in [0.5, 0.6) is 0 Å². The van der Waals surface area contributed by atoms with E-state index in [0.717, 1.165) is 0 Å². The number of hydrogen-bond donors (Lipinski definition) is 3. The first-order valence-electron chi connectivity index (χ1n) is 4.49. The normalized spacial score (nSPS) is 17.3. The Bertz CT molecular complexity index is 267. The monoisotopic (exact) mass is 222 g/mol. The topological polar surface area (TPSA) is 78.4 Å². The van der Waals surface area contributed by atoms with Gasteiger partial charge in [0, 0.05) is 6.54 Å². The summed E-state index contributed by atoms with van der Waals surface area (Å²) >= 11 is 0. The van der Waals surface area contributed by atoms with E-state index >= 15 is 0 Å². The number of urea groups is 1. The molecule has 86 valence electrons. The van der Waals surface area contributed by atoms with Gasteiger partial charge >= 0.3 is 12.0 Å². The van der Waals surface area contributed by atoms with Gasteiger partial charge in [-0.3, -0.25) is 4.79 Å². The lowest BCUT2D eigenvalue weighted by Crippen LogP contribution is -2.42. The zero-order chi connectivity index (χ0) is 11.5. The smallest absolute Gasteiger partial charge is 0.315 e. The number of halogens is 2. The number of alkyl halides is 2. The van der Waals surface area contributed by atoms with Crippen LogP contribution in [-0.4, -0.2) is 36.6 Å². The van der Waals surface area contributed by atoms with Gasteiger partial charge in [-0.05, 0) is 12.8 Å². The van der Waals surface area contributed by atoms with E-state index in [2.05, 4.69) is 5.32 Å². The largest absolute Gasteiger partial charge is 0.481 e. The maximum Gasteiger partial charge on any atom is 0.315 e. The molecular weight excluding hydrogens is 210 g/mol. The van der Waals surface area contributed by atoms with Crippen molar-refractivity contribution in [3.05, 3.63) is 0 Å². The third-order valence-corrected chi connectivity index (χ3v) is 2.31. The summed E-state index contributed by atoms with van der Waals surface area (Å²) in [5, 5.41) is 12.9. The van der Waals surface area contributed by atoms with E-state index in [1.54, 1.807) is 0 Å². The lowest BCUT2D eigenvalue weighted by Gasteiger charge is -2.11. The van der Waals surface area contributed by atoms with Crippen LogP contribution in [-0.2, 0) is 4.79 Å². The molecule has 1 saturated carbocycles. The molecule has 0 heterocycles. The van der Waals surface area contributed by atoms with Crippen molar-refractivity contribution >= 4 is 12.0 Å². The Balaban J connectivity index is 2.20. The molecule has 7 heteroatoms. The molecule has 15 heavy (non-hydrogen) atoms. The molecule has 0 aliphatic heterocycles. The van der Waals surface area contributed by atoms with Crippen molar-refractivity contribution in [2.75, 3.05) is 13.1 Å². The SMILES string of the molecule is O=C(NCC(F)F)NCC1(C(=O)O)CC1. The first kappa shape index (κ1) is 11.7. The predicted molar refractivity (Wildman–Crippen MR) is 46.7 cm³/mol. The van der Waals surface area contributed by atoms with Gasteiger partial charge in [0.05, 0.1) is 12.0 Å². The molecule has 0 aromatic rings. The Morgan fingerprint density at radius 3 is 2.33 bits per heavy atom. The van der Waals surface area contributed by atoms with Crippen molar-refractivity contribution in [1.82, 2.24) is 10.6 Å². The molecule has 1 rings (SSSR count). The summed E-state index contributed by atoms with van der Waals surface area (Å²) in [5.41, 5.74) is -0.873. The van der Waals surface area contributed by atoms with Crippen LogP contribution in [0.3, 0.4) is 0 Å². The van der Waals surface area contributed by atoms with Gasteiger partial charge in [0.25, 0.3) is 6.43 Å². The number of nitrogens with one attached hydrogen (secondary N) is 2. The summed E-state index contributed by atoms with van der Waals surface area (Å²) in [4.78, 5) is 21.6. The van der Waals surface area contributed by atoms with Gasteiger partial charge in [-0.1, -0.05) is 0 Å². The van der Waals surface area contributed by atoms with Crippen LogP contribution in [0.25, 0.3) is 0 Å². The van der Waals surface area contributed by atoms with E-state index < -0.39 is 30.4 Å². The molecular formula is C8H12F2N2O3. The first-order chi connectivity index (χ1) is 6.96. The standard InChI is InChI=1S/C8H12F2N2O3/c9-5(10)3-11-7(15)12-4-8(1-2-8)6(13)14/h5H,1-4H2,(H,13,14)(H2,11,12,15). The number of carbonyl (C=O) groups excluding carboxylic acids is 1. The lowest BCUT2D eigenvalue weighted by atomic mass is 10.1. The second-order valence-electron chi connectivity index (χ2n) is 3.54. The van der Waals surface area contributed by atoms with Gasteiger partial charge in [-0.15, -0.1) is 0 Å². The average Bonchev–Trinajstić information content (AvgIpc) is 2.92. The molecule has 0 saturated heterocycles. The van der Waals surface area contributed by atoms with E-state index in [9.17, 15) is 18.4 Å². The maximum absolute atomic E-state index is 11.7. The van der Waals surface area contributed by atoms with Crippen molar-refractivity contribution in [3.63, 3.8) is 0 Å². The molecule has 0 unspecified atom stereocenters. The highest BCUT2D eigenvalue weighted by molar-refractivity contribution is 5.80. The first-order valence-corrected chi connectivity index (χ1v) is 4.49. The summed E-state index contributed by atoms with van der Waals surface area (Å²) in [6, 6.07) is -0.761. The highest BCUT2D eigenvalue weighted by atomic mass is 19.3. The van der Waals surface area contributed by atoms with E-state index in [1.807, 2.05) is 5.32 Å². The molecule has 0 atom stereocenters. The van der Waals surface area contributed by atoms with Crippen LogP contribution in [0, 0.1) is 5.41 Å². The summed E-state index contributed by atoms with van der Waals surface area (Å²) in [6.07, 6.45) is -1.58. The zero-order valence-corrected chi connectivity index (χ0v) is 7.93. The Kier molecular flexibility index (Phi) is 3.43. The Morgan fingerprint density at radius 2 is 1.93 bits per heavy atom. The molecule has 2 amide bonds. The van der Waals surface area contributed by atoms with Gasteiger partial charge in [0.15, 0.2) is 0 Å². The number of carboxylic acid groups (broad SMARTS) is 1. The van der Waals surface area contributed by atoms with Crippen LogP contribution in [0.4, 0.5) is 13.6 Å². The van der Waals surface area contributed by atoms with Crippen LogP contribution in [0.2, 0.25) is 0 Å². The van der Waals surface area contributed by atoms with E-state index in [1.165, 1.54) is 0 Å². The Labute approximate surface area is 84.8 Å². The molecule has 5 nitrogen and oxygen atoms in total. The highest BCUT2D eigenvalue weighted by Gasteiger charge is 2.50. The van der Waals surface area contributed by atoms with Gasteiger partial charge < -0.3 is 15.7 Å². The molecule has 1 aliphatic rings. The molecule has 3 N–H and O–H groups in total. The second-order valence-corrected chi connectivity index (χ2v) is 3.54. The minimum Gasteiger partial charge on any atom is -0.481 e. The molecule has 1 aliphatic carbocycles. The molecule has 0 aromatic carbocycles. The predicted octanol–water partition coefficient (Wildman–Crippen LogP) is 0.415. The maximum atomic E-state index is 11.7. The molecule has 0 spiro atoms. The summed E-state index contributed by atoms with van der Waals surface area (Å²) in [6.45, 7) is -0.747.